The molecule has 1 atom stereocenters. The molecule has 1 amide bonds. The zero-order valence-corrected chi connectivity index (χ0v) is 16.1. The number of carbonyl (C=O) groups excluding carboxylic acids is 1. The van der Waals surface area contributed by atoms with Gasteiger partial charge in [0.15, 0.2) is 8.68 Å². The Hall–Kier alpha value is -0.760. The molecule has 0 aliphatic carbocycles. The fraction of sp³-hybridized carbons (Fsp3) is 0.400. The van der Waals surface area contributed by atoms with Crippen molar-refractivity contribution in [2.45, 2.75) is 40.7 Å². The Morgan fingerprint density at radius 1 is 1.26 bits per heavy atom. The molecule has 0 aliphatic heterocycles. The molecule has 124 valence electrons. The van der Waals surface area contributed by atoms with Gasteiger partial charge in [-0.1, -0.05) is 65.5 Å². The van der Waals surface area contributed by atoms with Gasteiger partial charge in [-0.3, -0.25) is 4.79 Å². The lowest BCUT2D eigenvalue weighted by Crippen LogP contribution is -2.33. The summed E-state index contributed by atoms with van der Waals surface area (Å²) in [5.74, 6) is 1.24. The normalized spacial score (nSPS) is 12.1. The summed E-state index contributed by atoms with van der Waals surface area (Å²) in [5, 5.41) is 12.0. The molecule has 0 fully saturated rings. The van der Waals surface area contributed by atoms with Gasteiger partial charge in [0.2, 0.25) is 5.91 Å². The fourth-order valence-electron chi connectivity index (χ4n) is 1.59. The molecule has 8 heteroatoms. The van der Waals surface area contributed by atoms with Crippen LogP contribution in [0.2, 0.25) is 5.02 Å². The Labute approximate surface area is 153 Å². The van der Waals surface area contributed by atoms with Crippen LogP contribution in [0, 0.1) is 0 Å². The van der Waals surface area contributed by atoms with Crippen molar-refractivity contribution in [2.75, 3.05) is 5.75 Å². The predicted octanol–water partition coefficient (Wildman–Crippen LogP) is 4.49. The first-order valence-corrected chi connectivity index (χ1v) is 10.4. The maximum Gasteiger partial charge on any atom is 0.230 e. The van der Waals surface area contributed by atoms with Crippen LogP contribution in [0.25, 0.3) is 0 Å². The second-order valence-corrected chi connectivity index (χ2v) is 8.77. The van der Waals surface area contributed by atoms with Crippen molar-refractivity contribution in [2.24, 2.45) is 0 Å². The third kappa shape index (κ3) is 6.71. The van der Waals surface area contributed by atoms with Gasteiger partial charge in [0, 0.05) is 16.8 Å². The molecule has 1 N–H and O–H groups in total. The van der Waals surface area contributed by atoms with Crippen molar-refractivity contribution in [3.05, 3.63) is 34.9 Å². The zero-order chi connectivity index (χ0) is 16.7. The summed E-state index contributed by atoms with van der Waals surface area (Å²) >= 11 is 10.5. The number of carbonyl (C=O) groups is 1. The second-order valence-electron chi connectivity index (χ2n) is 4.91. The van der Waals surface area contributed by atoms with Crippen LogP contribution in [0.5, 0.6) is 0 Å². The largest absolute Gasteiger partial charge is 0.353 e. The molecule has 23 heavy (non-hydrogen) atoms. The maximum absolute atomic E-state index is 11.7. The Bertz CT molecular complexity index is 633. The molecule has 0 saturated carbocycles. The highest BCUT2D eigenvalue weighted by Gasteiger charge is 2.10. The van der Waals surface area contributed by atoms with Crippen LogP contribution in [-0.2, 0) is 10.5 Å². The number of nitrogens with one attached hydrogen (secondary N) is 1. The van der Waals surface area contributed by atoms with Crippen molar-refractivity contribution in [3.8, 4) is 0 Å². The van der Waals surface area contributed by atoms with Gasteiger partial charge in [-0.15, -0.1) is 10.2 Å². The van der Waals surface area contributed by atoms with Gasteiger partial charge < -0.3 is 5.32 Å². The molecule has 0 spiro atoms. The van der Waals surface area contributed by atoms with Crippen molar-refractivity contribution in [3.63, 3.8) is 0 Å². The van der Waals surface area contributed by atoms with Gasteiger partial charge >= 0.3 is 0 Å². The first-order chi connectivity index (χ1) is 11.1. The van der Waals surface area contributed by atoms with E-state index in [0.717, 1.165) is 25.9 Å². The number of aromatic nitrogens is 2. The van der Waals surface area contributed by atoms with Crippen molar-refractivity contribution in [1.82, 2.24) is 15.5 Å². The zero-order valence-electron chi connectivity index (χ0n) is 12.9. The Kier molecular flexibility index (Phi) is 7.69. The van der Waals surface area contributed by atoms with Gasteiger partial charge in [-0.2, -0.15) is 0 Å². The Morgan fingerprint density at radius 2 is 1.91 bits per heavy atom. The molecule has 4 nitrogen and oxygen atoms in total. The molecule has 0 unspecified atom stereocenters. The average molecular weight is 388 g/mol. The van der Waals surface area contributed by atoms with Crippen molar-refractivity contribution < 1.29 is 4.79 Å². The van der Waals surface area contributed by atoms with E-state index in [-0.39, 0.29) is 11.9 Å². The highest BCUT2D eigenvalue weighted by molar-refractivity contribution is 8.03. The monoisotopic (exact) mass is 387 g/mol. The lowest BCUT2D eigenvalue weighted by atomic mass is 10.2. The number of hydrogen-bond acceptors (Lipinski definition) is 6. The van der Waals surface area contributed by atoms with Gasteiger partial charge in [-0.05, 0) is 31.0 Å². The van der Waals surface area contributed by atoms with Crippen LogP contribution in [0.4, 0.5) is 0 Å². The Balaban J connectivity index is 1.77. The van der Waals surface area contributed by atoms with Gasteiger partial charge in [0.25, 0.3) is 0 Å². The predicted molar refractivity (Wildman–Crippen MR) is 99.5 cm³/mol. The van der Waals surface area contributed by atoms with E-state index in [1.54, 1.807) is 11.8 Å². The first-order valence-electron chi connectivity index (χ1n) is 7.19. The smallest absolute Gasteiger partial charge is 0.230 e. The molecule has 0 aliphatic rings. The number of hydrogen-bond donors (Lipinski definition) is 1. The number of benzene rings is 1. The minimum atomic E-state index is 0.0370. The van der Waals surface area contributed by atoms with Crippen LogP contribution in [0.15, 0.2) is 32.9 Å². The van der Waals surface area contributed by atoms with E-state index < -0.39 is 0 Å². The topological polar surface area (TPSA) is 54.9 Å². The van der Waals surface area contributed by atoms with Crippen molar-refractivity contribution in [1.29, 1.82) is 0 Å². The van der Waals surface area contributed by atoms with E-state index >= 15 is 0 Å². The summed E-state index contributed by atoms with van der Waals surface area (Å²) in [6.07, 6.45) is 0.931. The summed E-state index contributed by atoms with van der Waals surface area (Å²) in [4.78, 5) is 11.7. The molecule has 0 saturated heterocycles. The van der Waals surface area contributed by atoms with E-state index in [1.165, 1.54) is 28.7 Å². The van der Waals surface area contributed by atoms with E-state index in [9.17, 15) is 4.79 Å². The minimum Gasteiger partial charge on any atom is -0.353 e. The number of halogens is 1. The van der Waals surface area contributed by atoms with Gasteiger partial charge in [0.05, 0.1) is 5.75 Å². The fourth-order valence-corrected chi connectivity index (χ4v) is 4.50. The summed E-state index contributed by atoms with van der Waals surface area (Å²) in [6.45, 7) is 4.05. The molecule has 1 aromatic heterocycles. The molecule has 1 aromatic carbocycles. The van der Waals surface area contributed by atoms with E-state index in [0.29, 0.717) is 5.75 Å². The molecule has 2 aromatic rings. The third-order valence-electron chi connectivity index (χ3n) is 3.01. The van der Waals surface area contributed by atoms with Gasteiger partial charge in [-0.25, -0.2) is 0 Å². The molecule has 2 rings (SSSR count). The molecule has 0 radical (unpaired) electrons. The Morgan fingerprint density at radius 3 is 2.57 bits per heavy atom. The van der Waals surface area contributed by atoms with E-state index in [1.807, 2.05) is 38.1 Å². The molecular formula is C15H18ClN3OS3. The summed E-state index contributed by atoms with van der Waals surface area (Å²) in [6, 6.07) is 7.99. The van der Waals surface area contributed by atoms with Crippen molar-refractivity contribution >= 4 is 52.4 Å². The number of thioether (sulfide) groups is 2. The summed E-state index contributed by atoms with van der Waals surface area (Å²) in [5.41, 5.74) is 1.19. The molecule has 0 bridgehead atoms. The third-order valence-corrected chi connectivity index (χ3v) is 6.52. The van der Waals surface area contributed by atoms with E-state index in [2.05, 4.69) is 15.5 Å². The molecular weight excluding hydrogens is 370 g/mol. The lowest BCUT2D eigenvalue weighted by Gasteiger charge is -2.09. The number of amides is 1. The number of nitrogens with zero attached hydrogens (tertiary/aromatic N) is 2. The van der Waals surface area contributed by atoms with E-state index in [4.69, 9.17) is 11.6 Å². The second kappa shape index (κ2) is 9.52. The quantitative estimate of drug-likeness (QED) is 0.676. The van der Waals surface area contributed by atoms with Crippen LogP contribution in [0.3, 0.4) is 0 Å². The maximum atomic E-state index is 11.7. The summed E-state index contributed by atoms with van der Waals surface area (Å²) < 4.78 is 1.73. The summed E-state index contributed by atoms with van der Waals surface area (Å²) in [7, 11) is 0. The molecule has 1 heterocycles. The number of rotatable bonds is 8. The van der Waals surface area contributed by atoms with Crippen LogP contribution >= 0.6 is 46.5 Å². The first kappa shape index (κ1) is 18.6. The minimum absolute atomic E-state index is 0.0370. The average Bonchev–Trinajstić information content (AvgIpc) is 3.00. The van der Waals surface area contributed by atoms with Crippen LogP contribution in [0.1, 0.15) is 25.8 Å². The SMILES string of the molecule is CC[C@@H](C)NC(=O)CSc1nnc(SCc2ccc(Cl)cc2)s1. The van der Waals surface area contributed by atoms with Crippen LogP contribution in [-0.4, -0.2) is 27.9 Å². The van der Waals surface area contributed by atoms with Crippen LogP contribution < -0.4 is 5.32 Å². The van der Waals surface area contributed by atoms with Gasteiger partial charge in [0.1, 0.15) is 0 Å². The standard InChI is InChI=1S/C15H18ClN3OS3/c1-3-10(2)17-13(20)9-22-15-19-18-14(23-15)21-8-11-4-6-12(16)7-5-11/h4-7,10H,3,8-9H2,1-2H3,(H,17,20)/t10-/m1/s1. The highest BCUT2D eigenvalue weighted by Crippen LogP contribution is 2.30. The highest BCUT2D eigenvalue weighted by atomic mass is 35.5. The lowest BCUT2D eigenvalue weighted by molar-refractivity contribution is -0.119.